The van der Waals surface area contributed by atoms with E-state index < -0.39 is 0 Å². The number of carbonyl (C=O) groups excluding carboxylic acids is 1. The van der Waals surface area contributed by atoms with Gasteiger partial charge in [0.25, 0.3) is 0 Å². The number of nitrogens with zero attached hydrogens (tertiary/aromatic N) is 1. The molecular formula is C16H32N2O. The smallest absolute Gasteiger partial charge is 0.241 e. The lowest BCUT2D eigenvalue weighted by Gasteiger charge is -2.32. The van der Waals surface area contributed by atoms with E-state index in [4.69, 9.17) is 0 Å². The molecule has 1 amide bonds. The molecule has 0 spiro atoms. The predicted octanol–water partition coefficient (Wildman–Crippen LogP) is 3.54. The van der Waals surface area contributed by atoms with Crippen molar-refractivity contribution in [2.24, 2.45) is 5.92 Å². The van der Waals surface area contributed by atoms with Crippen molar-refractivity contribution < 1.29 is 4.79 Å². The van der Waals surface area contributed by atoms with Crippen LogP contribution in [0.15, 0.2) is 0 Å². The predicted molar refractivity (Wildman–Crippen MR) is 80.9 cm³/mol. The highest BCUT2D eigenvalue weighted by Crippen LogP contribution is 2.26. The SMILES string of the molecule is CCCC(CC)N1C(=O)C(C(C)CC)NC1CCC. The van der Waals surface area contributed by atoms with Crippen molar-refractivity contribution in [3.63, 3.8) is 0 Å². The molecule has 1 fully saturated rings. The summed E-state index contributed by atoms with van der Waals surface area (Å²) in [6, 6.07) is 0.447. The van der Waals surface area contributed by atoms with Crippen LogP contribution in [0.1, 0.15) is 73.1 Å². The average Bonchev–Trinajstić information content (AvgIpc) is 2.73. The van der Waals surface area contributed by atoms with Gasteiger partial charge in [-0.3, -0.25) is 10.1 Å². The maximum absolute atomic E-state index is 12.7. The Labute approximate surface area is 119 Å². The second-order valence-electron chi connectivity index (χ2n) is 5.93. The van der Waals surface area contributed by atoms with Gasteiger partial charge in [0.1, 0.15) is 0 Å². The molecule has 3 nitrogen and oxygen atoms in total. The number of nitrogens with one attached hydrogen (secondary N) is 1. The lowest BCUT2D eigenvalue weighted by Crippen LogP contribution is -2.44. The van der Waals surface area contributed by atoms with Crippen molar-refractivity contribution in [2.75, 3.05) is 0 Å². The van der Waals surface area contributed by atoms with Crippen LogP contribution in [0.25, 0.3) is 0 Å². The molecule has 4 unspecified atom stereocenters. The van der Waals surface area contributed by atoms with E-state index >= 15 is 0 Å². The zero-order valence-electron chi connectivity index (χ0n) is 13.4. The molecule has 1 heterocycles. The van der Waals surface area contributed by atoms with E-state index in [1.807, 2.05) is 0 Å². The van der Waals surface area contributed by atoms with Crippen molar-refractivity contribution in [3.8, 4) is 0 Å². The molecule has 0 aliphatic carbocycles. The molecule has 1 N–H and O–H groups in total. The molecule has 0 bridgehead atoms. The molecule has 1 saturated heterocycles. The molecular weight excluding hydrogens is 236 g/mol. The molecule has 0 aromatic carbocycles. The monoisotopic (exact) mass is 268 g/mol. The van der Waals surface area contributed by atoms with E-state index in [-0.39, 0.29) is 12.2 Å². The summed E-state index contributed by atoms with van der Waals surface area (Å²) < 4.78 is 0. The van der Waals surface area contributed by atoms with Crippen LogP contribution < -0.4 is 5.32 Å². The van der Waals surface area contributed by atoms with Gasteiger partial charge in [0.2, 0.25) is 5.91 Å². The van der Waals surface area contributed by atoms with Crippen LogP contribution in [0.2, 0.25) is 0 Å². The fourth-order valence-electron chi connectivity index (χ4n) is 3.12. The number of hydrogen-bond donors (Lipinski definition) is 1. The van der Waals surface area contributed by atoms with Crippen LogP contribution in [0, 0.1) is 5.92 Å². The minimum atomic E-state index is 0.0347. The first kappa shape index (κ1) is 16.5. The summed E-state index contributed by atoms with van der Waals surface area (Å²) >= 11 is 0. The molecule has 3 heteroatoms. The molecule has 19 heavy (non-hydrogen) atoms. The zero-order chi connectivity index (χ0) is 14.4. The van der Waals surface area contributed by atoms with Gasteiger partial charge in [-0.15, -0.1) is 0 Å². The normalized spacial score (nSPS) is 26.8. The van der Waals surface area contributed by atoms with Gasteiger partial charge >= 0.3 is 0 Å². The van der Waals surface area contributed by atoms with Crippen molar-refractivity contribution in [3.05, 3.63) is 0 Å². The largest absolute Gasteiger partial charge is 0.323 e. The second kappa shape index (κ2) is 7.88. The van der Waals surface area contributed by atoms with Crippen LogP contribution in [0.4, 0.5) is 0 Å². The summed E-state index contributed by atoms with van der Waals surface area (Å²) in [5.74, 6) is 0.768. The Morgan fingerprint density at radius 1 is 1.16 bits per heavy atom. The maximum atomic E-state index is 12.7. The third-order valence-corrected chi connectivity index (χ3v) is 4.49. The van der Waals surface area contributed by atoms with Gasteiger partial charge in [-0.1, -0.05) is 53.9 Å². The van der Waals surface area contributed by atoms with Crippen molar-refractivity contribution in [1.29, 1.82) is 0 Å². The first-order chi connectivity index (χ1) is 9.10. The van der Waals surface area contributed by atoms with E-state index in [0.29, 0.717) is 17.9 Å². The Morgan fingerprint density at radius 3 is 2.32 bits per heavy atom. The van der Waals surface area contributed by atoms with Crippen LogP contribution in [-0.4, -0.2) is 29.1 Å². The highest BCUT2D eigenvalue weighted by molar-refractivity contribution is 5.85. The van der Waals surface area contributed by atoms with E-state index in [0.717, 1.165) is 38.5 Å². The topological polar surface area (TPSA) is 32.3 Å². The lowest BCUT2D eigenvalue weighted by atomic mass is 9.98. The van der Waals surface area contributed by atoms with Gasteiger partial charge in [-0.05, 0) is 25.2 Å². The van der Waals surface area contributed by atoms with E-state index in [2.05, 4.69) is 44.8 Å². The Kier molecular flexibility index (Phi) is 6.84. The highest BCUT2D eigenvalue weighted by atomic mass is 16.2. The van der Waals surface area contributed by atoms with E-state index in [1.54, 1.807) is 0 Å². The second-order valence-corrected chi connectivity index (χ2v) is 5.93. The summed E-state index contributed by atoms with van der Waals surface area (Å²) in [6.07, 6.45) is 6.84. The first-order valence-electron chi connectivity index (χ1n) is 8.18. The van der Waals surface area contributed by atoms with Crippen LogP contribution >= 0.6 is 0 Å². The van der Waals surface area contributed by atoms with E-state index in [9.17, 15) is 4.79 Å². The van der Waals surface area contributed by atoms with Crippen molar-refractivity contribution in [1.82, 2.24) is 10.2 Å². The molecule has 112 valence electrons. The summed E-state index contributed by atoms with van der Waals surface area (Å²) in [7, 11) is 0. The fourth-order valence-corrected chi connectivity index (χ4v) is 3.12. The van der Waals surface area contributed by atoms with Crippen molar-refractivity contribution in [2.45, 2.75) is 91.4 Å². The Balaban J connectivity index is 2.87. The quantitative estimate of drug-likeness (QED) is 0.730. The van der Waals surface area contributed by atoms with Gasteiger partial charge in [0.15, 0.2) is 0 Å². The molecule has 0 radical (unpaired) electrons. The molecule has 1 aliphatic heterocycles. The first-order valence-corrected chi connectivity index (χ1v) is 8.18. The Hall–Kier alpha value is -0.570. The molecule has 0 aromatic rings. The highest BCUT2D eigenvalue weighted by Gasteiger charge is 2.42. The molecule has 0 aromatic heterocycles. The van der Waals surface area contributed by atoms with Crippen LogP contribution in [0.3, 0.4) is 0 Å². The summed E-state index contributed by atoms with van der Waals surface area (Å²) in [4.78, 5) is 14.9. The summed E-state index contributed by atoms with van der Waals surface area (Å²) in [5.41, 5.74) is 0. The standard InChI is InChI=1S/C16H32N2O/c1-6-10-13(9-4)18-14(11-7-2)17-15(16(18)19)12(5)8-3/h12-15,17H,6-11H2,1-5H3. The Morgan fingerprint density at radius 2 is 1.84 bits per heavy atom. The molecule has 0 saturated carbocycles. The number of carbonyl (C=O) groups is 1. The number of hydrogen-bond acceptors (Lipinski definition) is 2. The Bertz CT molecular complexity index is 280. The molecule has 1 rings (SSSR count). The van der Waals surface area contributed by atoms with Crippen LogP contribution in [-0.2, 0) is 4.79 Å². The van der Waals surface area contributed by atoms with Gasteiger partial charge < -0.3 is 4.90 Å². The fraction of sp³-hybridized carbons (Fsp3) is 0.938. The lowest BCUT2D eigenvalue weighted by molar-refractivity contribution is -0.133. The zero-order valence-corrected chi connectivity index (χ0v) is 13.4. The van der Waals surface area contributed by atoms with Gasteiger partial charge in [-0.2, -0.15) is 0 Å². The van der Waals surface area contributed by atoms with E-state index in [1.165, 1.54) is 0 Å². The third-order valence-electron chi connectivity index (χ3n) is 4.49. The maximum Gasteiger partial charge on any atom is 0.241 e. The summed E-state index contributed by atoms with van der Waals surface area (Å²) in [6.45, 7) is 11.0. The van der Waals surface area contributed by atoms with Gasteiger partial charge in [0, 0.05) is 6.04 Å². The minimum Gasteiger partial charge on any atom is -0.323 e. The van der Waals surface area contributed by atoms with Crippen molar-refractivity contribution >= 4 is 5.91 Å². The summed E-state index contributed by atoms with van der Waals surface area (Å²) in [5, 5.41) is 3.59. The van der Waals surface area contributed by atoms with Crippen LogP contribution in [0.5, 0.6) is 0 Å². The minimum absolute atomic E-state index is 0.0347. The average molecular weight is 268 g/mol. The number of amides is 1. The van der Waals surface area contributed by atoms with Gasteiger partial charge in [-0.25, -0.2) is 0 Å². The number of rotatable bonds is 8. The van der Waals surface area contributed by atoms with Gasteiger partial charge in [0.05, 0.1) is 12.2 Å². The molecule has 1 aliphatic rings. The third kappa shape index (κ3) is 3.71. The molecule has 4 atom stereocenters.